The SMILES string of the molecule is CN(Cc1cc(F)cc(C(F)(F)F)c1)[C@@H]1CN(C(=O)N2CCN(S(C)(=O)=O)CC2)C[C@@H]1c1ccc(Cl)c(Cl)c1. The number of alkyl halides is 3. The molecule has 0 unspecified atom stereocenters. The maximum Gasteiger partial charge on any atom is 0.416 e. The van der Waals surface area contributed by atoms with Crippen LogP contribution in [0.5, 0.6) is 0 Å². The van der Waals surface area contributed by atoms with Gasteiger partial charge in [0.15, 0.2) is 0 Å². The van der Waals surface area contributed by atoms with Crippen molar-refractivity contribution in [3.8, 4) is 0 Å². The Morgan fingerprint density at radius 1 is 1.00 bits per heavy atom. The summed E-state index contributed by atoms with van der Waals surface area (Å²) in [6.45, 7) is 1.44. The summed E-state index contributed by atoms with van der Waals surface area (Å²) in [7, 11) is -1.64. The Bertz CT molecular complexity index is 1340. The van der Waals surface area contributed by atoms with E-state index in [-0.39, 0.29) is 62.8 Å². The van der Waals surface area contributed by atoms with Crippen LogP contribution in [0.4, 0.5) is 22.4 Å². The molecule has 0 saturated carbocycles. The van der Waals surface area contributed by atoms with Gasteiger partial charge in [-0.3, -0.25) is 4.90 Å². The van der Waals surface area contributed by atoms with Crippen molar-refractivity contribution < 1.29 is 30.8 Å². The van der Waals surface area contributed by atoms with E-state index in [1.807, 2.05) is 0 Å². The van der Waals surface area contributed by atoms with Gasteiger partial charge in [0, 0.05) is 57.8 Å². The van der Waals surface area contributed by atoms with Crippen LogP contribution in [0.3, 0.4) is 0 Å². The van der Waals surface area contributed by atoms with E-state index >= 15 is 0 Å². The molecule has 2 heterocycles. The molecule has 0 aliphatic carbocycles. The average Bonchev–Trinajstić information content (AvgIpc) is 3.30. The first-order valence-corrected chi connectivity index (χ1v) is 14.7. The molecule has 2 aliphatic heterocycles. The van der Waals surface area contributed by atoms with Crippen molar-refractivity contribution in [2.75, 3.05) is 52.6 Å². The number of benzene rings is 2. The van der Waals surface area contributed by atoms with Gasteiger partial charge in [0.1, 0.15) is 5.82 Å². The van der Waals surface area contributed by atoms with Crippen molar-refractivity contribution in [3.05, 3.63) is 69.0 Å². The molecule has 0 spiro atoms. The summed E-state index contributed by atoms with van der Waals surface area (Å²) in [6.07, 6.45) is -3.56. The van der Waals surface area contributed by atoms with Crippen molar-refractivity contribution in [2.24, 2.45) is 0 Å². The van der Waals surface area contributed by atoms with Gasteiger partial charge in [-0.2, -0.15) is 17.5 Å². The number of hydrogen-bond acceptors (Lipinski definition) is 4. The third kappa shape index (κ3) is 6.97. The summed E-state index contributed by atoms with van der Waals surface area (Å²) < 4.78 is 78.8. The Morgan fingerprint density at radius 3 is 2.26 bits per heavy atom. The normalized spacial score (nSPS) is 21.2. The van der Waals surface area contributed by atoms with Crippen LogP contribution in [-0.4, -0.2) is 92.1 Å². The smallest absolute Gasteiger partial charge is 0.322 e. The summed E-state index contributed by atoms with van der Waals surface area (Å²) >= 11 is 12.4. The first-order chi connectivity index (χ1) is 18.1. The fourth-order valence-electron chi connectivity index (χ4n) is 5.18. The molecule has 0 aromatic heterocycles. The zero-order valence-electron chi connectivity index (χ0n) is 21.3. The quantitative estimate of drug-likeness (QED) is 0.459. The predicted octanol–water partition coefficient (Wildman–Crippen LogP) is 4.75. The van der Waals surface area contributed by atoms with Crippen molar-refractivity contribution >= 4 is 39.3 Å². The number of nitrogens with zero attached hydrogens (tertiary/aromatic N) is 4. The molecule has 0 bridgehead atoms. The molecule has 2 saturated heterocycles. The monoisotopic (exact) mass is 610 g/mol. The van der Waals surface area contributed by atoms with Crippen molar-refractivity contribution in [2.45, 2.75) is 24.7 Å². The molecule has 39 heavy (non-hydrogen) atoms. The summed E-state index contributed by atoms with van der Waals surface area (Å²) in [4.78, 5) is 18.5. The van der Waals surface area contributed by atoms with E-state index in [1.165, 1.54) is 4.31 Å². The number of rotatable bonds is 5. The minimum absolute atomic E-state index is 0.0123. The second kappa shape index (κ2) is 11.4. The lowest BCUT2D eigenvalue weighted by Crippen LogP contribution is -2.53. The van der Waals surface area contributed by atoms with E-state index in [4.69, 9.17) is 23.2 Å². The number of carbonyl (C=O) groups excluding carboxylic acids is 1. The maximum atomic E-state index is 14.0. The zero-order valence-corrected chi connectivity index (χ0v) is 23.6. The molecule has 214 valence electrons. The van der Waals surface area contributed by atoms with Crippen molar-refractivity contribution in [3.63, 3.8) is 0 Å². The third-order valence-electron chi connectivity index (χ3n) is 7.19. The summed E-state index contributed by atoms with van der Waals surface area (Å²) in [6, 6.07) is 7.01. The number of urea groups is 1. The Balaban J connectivity index is 1.56. The first kappa shape index (κ1) is 29.9. The summed E-state index contributed by atoms with van der Waals surface area (Å²) in [5.74, 6) is -1.24. The number of likely N-dealkylation sites (N-methyl/N-ethyl adjacent to an activating group) is 1. The summed E-state index contributed by atoms with van der Waals surface area (Å²) in [5.41, 5.74) is -0.114. The zero-order chi connectivity index (χ0) is 28.7. The van der Waals surface area contributed by atoms with Gasteiger partial charge >= 0.3 is 12.2 Å². The molecule has 0 radical (unpaired) electrons. The molecular formula is C25H28Cl2F4N4O3S. The van der Waals surface area contributed by atoms with Crippen LogP contribution in [0.1, 0.15) is 22.6 Å². The largest absolute Gasteiger partial charge is 0.416 e. The average molecular weight is 611 g/mol. The molecule has 14 heteroatoms. The number of halogens is 6. The lowest BCUT2D eigenvalue weighted by molar-refractivity contribution is -0.137. The van der Waals surface area contributed by atoms with E-state index < -0.39 is 27.6 Å². The number of likely N-dealkylation sites (tertiary alicyclic amines) is 1. The Morgan fingerprint density at radius 2 is 1.67 bits per heavy atom. The minimum Gasteiger partial charge on any atom is -0.322 e. The standard InChI is InChI=1S/C25H28Cl2F4N4O3S/c1-32(13-16-9-18(25(29,30)31)12-19(28)10-16)23-15-34(14-20(23)17-3-4-21(26)22(27)11-17)24(36)33-5-7-35(8-6-33)39(2,37)38/h3-4,9-12,20,23H,5-8,13-15H2,1-2H3/t20-,23-/m1/s1. The number of hydrogen-bond donors (Lipinski definition) is 0. The highest BCUT2D eigenvalue weighted by Crippen LogP contribution is 2.36. The van der Waals surface area contributed by atoms with Crippen molar-refractivity contribution in [1.29, 1.82) is 0 Å². The van der Waals surface area contributed by atoms with Gasteiger partial charge in [0.05, 0.1) is 21.9 Å². The van der Waals surface area contributed by atoms with E-state index in [0.717, 1.165) is 24.0 Å². The minimum atomic E-state index is -4.68. The number of carbonyl (C=O) groups is 1. The lowest BCUT2D eigenvalue weighted by atomic mass is 9.93. The Hall–Kier alpha value is -2.12. The van der Waals surface area contributed by atoms with Crippen LogP contribution in [0, 0.1) is 5.82 Å². The number of sulfonamides is 1. The fraction of sp³-hybridized carbons (Fsp3) is 0.480. The molecular weight excluding hydrogens is 583 g/mol. The topological polar surface area (TPSA) is 64.2 Å². The first-order valence-electron chi connectivity index (χ1n) is 12.1. The lowest BCUT2D eigenvalue weighted by Gasteiger charge is -2.35. The van der Waals surface area contributed by atoms with E-state index in [9.17, 15) is 30.8 Å². The molecule has 2 atom stereocenters. The van der Waals surface area contributed by atoms with Crippen LogP contribution in [0.2, 0.25) is 10.0 Å². The van der Waals surface area contributed by atoms with Gasteiger partial charge in [-0.15, -0.1) is 0 Å². The van der Waals surface area contributed by atoms with Gasteiger partial charge in [-0.25, -0.2) is 17.6 Å². The fourth-order valence-corrected chi connectivity index (χ4v) is 6.31. The Labute approximate surface area is 234 Å². The molecule has 7 nitrogen and oxygen atoms in total. The molecule has 2 aromatic carbocycles. The van der Waals surface area contributed by atoms with E-state index in [0.29, 0.717) is 22.7 Å². The third-order valence-corrected chi connectivity index (χ3v) is 9.23. The van der Waals surface area contributed by atoms with Crippen LogP contribution in [0.15, 0.2) is 36.4 Å². The van der Waals surface area contributed by atoms with Gasteiger partial charge in [0.25, 0.3) is 0 Å². The molecule has 4 rings (SSSR count). The highest BCUT2D eigenvalue weighted by Gasteiger charge is 2.41. The van der Waals surface area contributed by atoms with Crippen LogP contribution >= 0.6 is 23.2 Å². The van der Waals surface area contributed by atoms with Crippen molar-refractivity contribution in [1.82, 2.24) is 19.0 Å². The van der Waals surface area contributed by atoms with Gasteiger partial charge < -0.3 is 9.80 Å². The van der Waals surface area contributed by atoms with Gasteiger partial charge in [-0.1, -0.05) is 29.3 Å². The van der Waals surface area contributed by atoms with Crippen LogP contribution in [-0.2, 0) is 22.7 Å². The summed E-state index contributed by atoms with van der Waals surface area (Å²) in [5, 5.41) is 0.691. The maximum absolute atomic E-state index is 14.0. The molecule has 2 aliphatic rings. The van der Waals surface area contributed by atoms with Crippen LogP contribution in [0.25, 0.3) is 0 Å². The highest BCUT2D eigenvalue weighted by atomic mass is 35.5. The van der Waals surface area contributed by atoms with Crippen LogP contribution < -0.4 is 0 Å². The number of piperazine rings is 1. The molecule has 2 amide bonds. The Kier molecular flexibility index (Phi) is 8.73. The molecule has 2 fully saturated rings. The van der Waals surface area contributed by atoms with E-state index in [1.54, 1.807) is 39.9 Å². The van der Waals surface area contributed by atoms with E-state index in [2.05, 4.69) is 0 Å². The molecule has 2 aromatic rings. The van der Waals surface area contributed by atoms with Gasteiger partial charge in [0.2, 0.25) is 10.0 Å². The predicted molar refractivity (Wildman–Crippen MR) is 141 cm³/mol. The number of amides is 2. The second-order valence-corrected chi connectivity index (χ2v) is 12.7. The second-order valence-electron chi connectivity index (χ2n) is 9.95. The highest BCUT2D eigenvalue weighted by molar-refractivity contribution is 7.88. The van der Waals surface area contributed by atoms with Gasteiger partial charge in [-0.05, 0) is 48.5 Å². The molecule has 0 N–H and O–H groups in total.